The average Bonchev–Trinajstić information content (AvgIpc) is 3.17. The molecule has 2 fully saturated rings. The molecule has 5 rings (SSSR count). The maximum absolute atomic E-state index is 14.5. The second-order valence-electron chi connectivity index (χ2n) is 10.9. The summed E-state index contributed by atoms with van der Waals surface area (Å²) in [5.74, 6) is -2.24. The van der Waals surface area contributed by atoms with Crippen LogP contribution in [-0.2, 0) is 19.1 Å². The molecule has 0 bridgehead atoms. The van der Waals surface area contributed by atoms with Crippen LogP contribution < -0.4 is 4.90 Å². The van der Waals surface area contributed by atoms with Crippen molar-refractivity contribution in [3.8, 4) is 0 Å². The fraction of sp³-hybridized carbons (Fsp3) is 0.536. The zero-order valence-electron chi connectivity index (χ0n) is 21.3. The number of rotatable bonds is 5. The molecule has 2 amide bonds. The molecule has 198 valence electrons. The van der Waals surface area contributed by atoms with E-state index < -0.39 is 39.4 Å². The Kier molecular flexibility index (Phi) is 6.96. The van der Waals surface area contributed by atoms with Crippen molar-refractivity contribution in [1.29, 1.82) is 0 Å². The van der Waals surface area contributed by atoms with Crippen LogP contribution in [0.4, 0.5) is 5.69 Å². The Balaban J connectivity index is 1.67. The molecule has 0 aliphatic carbocycles. The molecule has 9 heteroatoms. The Bertz CT molecular complexity index is 1150. The fourth-order valence-corrected chi connectivity index (χ4v) is 8.76. The van der Waals surface area contributed by atoms with E-state index in [2.05, 4.69) is 0 Å². The van der Waals surface area contributed by atoms with E-state index in [1.54, 1.807) is 34.1 Å². The minimum absolute atomic E-state index is 0.192. The predicted molar refractivity (Wildman–Crippen MR) is 144 cm³/mol. The van der Waals surface area contributed by atoms with Gasteiger partial charge in [-0.15, -0.1) is 11.8 Å². The van der Waals surface area contributed by atoms with Crippen LogP contribution >= 0.6 is 23.4 Å². The third kappa shape index (κ3) is 4.21. The molecule has 1 aromatic carbocycles. The van der Waals surface area contributed by atoms with E-state index in [0.717, 1.165) is 0 Å². The van der Waals surface area contributed by atoms with E-state index >= 15 is 0 Å². The van der Waals surface area contributed by atoms with Gasteiger partial charge in [0.05, 0.1) is 35.8 Å². The van der Waals surface area contributed by atoms with Gasteiger partial charge in [0, 0.05) is 22.0 Å². The van der Waals surface area contributed by atoms with Crippen molar-refractivity contribution in [3.05, 3.63) is 53.6 Å². The average molecular weight is 545 g/mol. The molecule has 7 nitrogen and oxygen atoms in total. The molecule has 0 aromatic heterocycles. The molecular weight excluding hydrogens is 512 g/mol. The summed E-state index contributed by atoms with van der Waals surface area (Å²) in [5.41, 5.74) is 0.677. The Hall–Kier alpha value is -2.29. The lowest BCUT2D eigenvalue weighted by molar-refractivity contribution is -0.154. The molecule has 37 heavy (non-hydrogen) atoms. The van der Waals surface area contributed by atoms with Gasteiger partial charge in [0.2, 0.25) is 5.91 Å². The van der Waals surface area contributed by atoms with Gasteiger partial charge in [-0.1, -0.05) is 49.8 Å². The van der Waals surface area contributed by atoms with Crippen molar-refractivity contribution >= 4 is 46.8 Å². The normalized spacial score (nSPS) is 34.0. The molecular formula is C28H33ClN2O5S. The summed E-state index contributed by atoms with van der Waals surface area (Å²) in [6.45, 7) is 6.33. The van der Waals surface area contributed by atoms with Gasteiger partial charge in [0.15, 0.2) is 0 Å². The monoisotopic (exact) mass is 544 g/mol. The number of amides is 2. The summed E-state index contributed by atoms with van der Waals surface area (Å²) in [5, 5.41) is 11.0. The summed E-state index contributed by atoms with van der Waals surface area (Å²) in [6, 6.07) is 5.62. The second kappa shape index (κ2) is 9.79. The number of benzene rings is 1. The van der Waals surface area contributed by atoms with Crippen LogP contribution in [0.25, 0.3) is 0 Å². The zero-order chi connectivity index (χ0) is 26.5. The number of anilines is 1. The highest BCUT2D eigenvalue weighted by atomic mass is 35.5. The van der Waals surface area contributed by atoms with Crippen molar-refractivity contribution in [2.45, 2.75) is 55.2 Å². The van der Waals surface area contributed by atoms with E-state index in [1.165, 1.54) is 11.8 Å². The standard InChI is InChI=1S/C28H33ClN2O5S/c1-17(2)15-20(16-32)31-23-25(34)30(19-9-7-18(29)8-10-19)13-6-12-28(23)21(24(31)33)22-26(35)36-14-5-4-11-27(22,3)37-28/h4,6-12,17,20-23,32H,5,13-16H2,1-3H3/t20-,21+,22+,23?,27-,28+/m1/s1. The predicted octanol–water partition coefficient (Wildman–Crippen LogP) is 3.84. The number of hydrogen-bond donors (Lipinski definition) is 1. The first kappa shape index (κ1) is 26.3. The van der Waals surface area contributed by atoms with Gasteiger partial charge in [-0.3, -0.25) is 14.4 Å². The van der Waals surface area contributed by atoms with Crippen molar-refractivity contribution in [3.63, 3.8) is 0 Å². The zero-order valence-corrected chi connectivity index (χ0v) is 22.9. The number of hydrogen-bond acceptors (Lipinski definition) is 6. The Morgan fingerprint density at radius 1 is 1.11 bits per heavy atom. The number of aliphatic hydroxyl groups is 1. The number of esters is 1. The summed E-state index contributed by atoms with van der Waals surface area (Å²) in [6.07, 6.45) is 9.06. The van der Waals surface area contributed by atoms with E-state index in [-0.39, 0.29) is 30.9 Å². The van der Waals surface area contributed by atoms with E-state index in [1.807, 2.05) is 45.1 Å². The number of fused-ring (bicyclic) bond motifs is 2. The highest BCUT2D eigenvalue weighted by Gasteiger charge is 2.74. The molecule has 1 spiro atoms. The number of ether oxygens (including phenoxy) is 1. The third-order valence-electron chi connectivity index (χ3n) is 7.94. The lowest BCUT2D eigenvalue weighted by Crippen LogP contribution is -2.57. The molecule has 1 aromatic rings. The van der Waals surface area contributed by atoms with Crippen molar-refractivity contribution in [2.75, 3.05) is 24.7 Å². The van der Waals surface area contributed by atoms with Crippen LogP contribution in [0.15, 0.2) is 48.6 Å². The van der Waals surface area contributed by atoms with Crippen molar-refractivity contribution in [2.24, 2.45) is 17.8 Å². The topological polar surface area (TPSA) is 87.2 Å². The van der Waals surface area contributed by atoms with Crippen LogP contribution in [0, 0.1) is 17.8 Å². The minimum Gasteiger partial charge on any atom is -0.465 e. The number of halogens is 1. The summed E-state index contributed by atoms with van der Waals surface area (Å²) < 4.78 is 3.89. The van der Waals surface area contributed by atoms with Crippen LogP contribution in [0.1, 0.15) is 33.6 Å². The molecule has 0 saturated carbocycles. The van der Waals surface area contributed by atoms with Crippen LogP contribution in [0.2, 0.25) is 5.02 Å². The number of aliphatic hydroxyl groups excluding tert-OH is 1. The molecule has 4 heterocycles. The maximum Gasteiger partial charge on any atom is 0.311 e. The molecule has 4 aliphatic heterocycles. The van der Waals surface area contributed by atoms with Gasteiger partial charge in [-0.25, -0.2) is 0 Å². The largest absolute Gasteiger partial charge is 0.465 e. The van der Waals surface area contributed by atoms with E-state index in [0.29, 0.717) is 30.1 Å². The van der Waals surface area contributed by atoms with Gasteiger partial charge in [-0.05, 0) is 49.9 Å². The minimum atomic E-state index is -0.979. The number of carbonyl (C=O) groups is 3. The van der Waals surface area contributed by atoms with E-state index in [9.17, 15) is 19.5 Å². The number of nitrogens with zero attached hydrogens (tertiary/aromatic N) is 2. The van der Waals surface area contributed by atoms with Crippen LogP contribution in [-0.4, -0.2) is 69.1 Å². The molecule has 4 aliphatic rings. The summed E-state index contributed by atoms with van der Waals surface area (Å²) >= 11 is 7.61. The molecule has 1 N–H and O–H groups in total. The molecule has 2 saturated heterocycles. The lowest BCUT2D eigenvalue weighted by atomic mass is 9.74. The Morgan fingerprint density at radius 3 is 2.51 bits per heavy atom. The first-order valence-corrected chi connectivity index (χ1v) is 14.0. The number of thioether (sulfide) groups is 1. The fourth-order valence-electron chi connectivity index (χ4n) is 6.49. The van der Waals surface area contributed by atoms with Crippen LogP contribution in [0.3, 0.4) is 0 Å². The van der Waals surface area contributed by atoms with Gasteiger partial charge in [-0.2, -0.15) is 0 Å². The van der Waals surface area contributed by atoms with Crippen molar-refractivity contribution in [1.82, 2.24) is 4.90 Å². The highest BCUT2D eigenvalue weighted by molar-refractivity contribution is 8.02. The molecule has 6 atom stereocenters. The van der Waals surface area contributed by atoms with Gasteiger partial charge >= 0.3 is 5.97 Å². The molecule has 1 unspecified atom stereocenters. The van der Waals surface area contributed by atoms with Gasteiger partial charge in [0.25, 0.3) is 5.91 Å². The lowest BCUT2D eigenvalue weighted by Gasteiger charge is -2.40. The maximum atomic E-state index is 14.5. The second-order valence-corrected chi connectivity index (χ2v) is 13.1. The summed E-state index contributed by atoms with van der Waals surface area (Å²) in [4.78, 5) is 45.5. The van der Waals surface area contributed by atoms with Gasteiger partial charge in [0.1, 0.15) is 6.04 Å². The number of likely N-dealkylation sites (tertiary alicyclic amines) is 1. The third-order valence-corrected chi connectivity index (χ3v) is 9.99. The first-order valence-electron chi connectivity index (χ1n) is 12.8. The first-order chi connectivity index (χ1) is 17.6. The Labute approximate surface area is 226 Å². The van der Waals surface area contributed by atoms with Gasteiger partial charge < -0.3 is 19.6 Å². The number of cyclic esters (lactones) is 1. The van der Waals surface area contributed by atoms with Crippen LogP contribution in [0.5, 0.6) is 0 Å². The number of carbonyl (C=O) groups excluding carboxylic acids is 3. The van der Waals surface area contributed by atoms with Crippen molar-refractivity contribution < 1.29 is 24.2 Å². The Morgan fingerprint density at radius 2 is 1.84 bits per heavy atom. The quantitative estimate of drug-likeness (QED) is 0.448. The SMILES string of the molecule is CC(C)C[C@H](CO)N1C(=O)[C@@H]2[C@H]3C(=O)OCCC=C[C@@]3(C)S[C@@]23C=CCN(c2ccc(Cl)cc2)C(=O)C13. The highest BCUT2D eigenvalue weighted by Crippen LogP contribution is 2.65. The van der Waals surface area contributed by atoms with E-state index in [4.69, 9.17) is 16.3 Å². The smallest absolute Gasteiger partial charge is 0.311 e. The summed E-state index contributed by atoms with van der Waals surface area (Å²) in [7, 11) is 0. The molecule has 0 radical (unpaired) electrons.